The lowest BCUT2D eigenvalue weighted by atomic mass is 10.1. The lowest BCUT2D eigenvalue weighted by Crippen LogP contribution is -2.38. The van der Waals surface area contributed by atoms with E-state index in [-0.39, 0.29) is 12.1 Å². The molecule has 21 heavy (non-hydrogen) atoms. The molecule has 0 amide bonds. The fourth-order valence-corrected chi connectivity index (χ4v) is 2.23. The lowest BCUT2D eigenvalue weighted by Gasteiger charge is -2.31. The molecule has 0 radical (unpaired) electrons. The highest BCUT2D eigenvalue weighted by Crippen LogP contribution is 2.28. The summed E-state index contributed by atoms with van der Waals surface area (Å²) in [5, 5.41) is 0. The smallest absolute Gasteiger partial charge is 0.433 e. The van der Waals surface area contributed by atoms with Gasteiger partial charge >= 0.3 is 12.2 Å². The second-order valence-corrected chi connectivity index (χ2v) is 4.96. The van der Waals surface area contributed by atoms with Crippen molar-refractivity contribution in [2.24, 2.45) is 0 Å². The van der Waals surface area contributed by atoms with Crippen molar-refractivity contribution in [1.82, 2.24) is 14.9 Å². The number of alkyl halides is 3. The zero-order valence-corrected chi connectivity index (χ0v) is 11.6. The van der Waals surface area contributed by atoms with Crippen molar-refractivity contribution in [3.63, 3.8) is 0 Å². The SMILES string of the molecule is C=CCCN1CCC(Oc2nccc(C(F)(F)F)n2)CC1. The van der Waals surface area contributed by atoms with Crippen LogP contribution in [0.1, 0.15) is 25.0 Å². The Bertz CT molecular complexity index is 471. The monoisotopic (exact) mass is 301 g/mol. The van der Waals surface area contributed by atoms with Gasteiger partial charge in [0.2, 0.25) is 0 Å². The summed E-state index contributed by atoms with van der Waals surface area (Å²) < 4.78 is 43.1. The van der Waals surface area contributed by atoms with Crippen LogP contribution >= 0.6 is 0 Å². The highest BCUT2D eigenvalue weighted by molar-refractivity contribution is 5.09. The first-order valence-electron chi connectivity index (χ1n) is 6.89. The van der Waals surface area contributed by atoms with Gasteiger partial charge in [-0.2, -0.15) is 18.2 Å². The Morgan fingerprint density at radius 3 is 2.71 bits per heavy atom. The number of piperidine rings is 1. The van der Waals surface area contributed by atoms with Crippen molar-refractivity contribution >= 4 is 0 Å². The van der Waals surface area contributed by atoms with E-state index in [0.29, 0.717) is 0 Å². The van der Waals surface area contributed by atoms with Crippen molar-refractivity contribution in [2.75, 3.05) is 19.6 Å². The van der Waals surface area contributed by atoms with E-state index >= 15 is 0 Å². The molecule has 116 valence electrons. The number of halogens is 3. The summed E-state index contributed by atoms with van der Waals surface area (Å²) in [5.41, 5.74) is -0.976. The highest BCUT2D eigenvalue weighted by Gasteiger charge is 2.33. The van der Waals surface area contributed by atoms with E-state index < -0.39 is 11.9 Å². The zero-order chi connectivity index (χ0) is 15.3. The second kappa shape index (κ2) is 6.89. The van der Waals surface area contributed by atoms with Gasteiger partial charge in [-0.15, -0.1) is 6.58 Å². The normalized spacial score (nSPS) is 17.7. The summed E-state index contributed by atoms with van der Waals surface area (Å²) in [6.07, 6.45) is 0.794. The number of hydrogen-bond donors (Lipinski definition) is 0. The molecule has 1 aromatic heterocycles. The van der Waals surface area contributed by atoms with Gasteiger partial charge in [0, 0.05) is 25.8 Å². The molecule has 0 N–H and O–H groups in total. The summed E-state index contributed by atoms with van der Waals surface area (Å²) >= 11 is 0. The molecule has 1 fully saturated rings. The average molecular weight is 301 g/mol. The summed E-state index contributed by atoms with van der Waals surface area (Å²) in [7, 11) is 0. The summed E-state index contributed by atoms with van der Waals surface area (Å²) in [6, 6.07) is 0.638. The molecule has 0 aromatic carbocycles. The Morgan fingerprint density at radius 2 is 2.10 bits per heavy atom. The minimum absolute atomic E-state index is 0.131. The van der Waals surface area contributed by atoms with Crippen LogP contribution in [0.5, 0.6) is 6.01 Å². The predicted octanol–water partition coefficient (Wildman–Crippen LogP) is 2.91. The van der Waals surface area contributed by atoms with Crippen molar-refractivity contribution in [2.45, 2.75) is 31.5 Å². The van der Waals surface area contributed by atoms with Crippen molar-refractivity contribution in [3.8, 4) is 6.01 Å². The van der Waals surface area contributed by atoms with Gasteiger partial charge < -0.3 is 9.64 Å². The van der Waals surface area contributed by atoms with Crippen LogP contribution in [0.25, 0.3) is 0 Å². The predicted molar refractivity (Wildman–Crippen MR) is 71.9 cm³/mol. The van der Waals surface area contributed by atoms with Crippen molar-refractivity contribution in [1.29, 1.82) is 0 Å². The van der Waals surface area contributed by atoms with E-state index in [4.69, 9.17) is 4.74 Å². The number of hydrogen-bond acceptors (Lipinski definition) is 4. The van der Waals surface area contributed by atoms with Crippen LogP contribution < -0.4 is 4.74 Å². The lowest BCUT2D eigenvalue weighted by molar-refractivity contribution is -0.141. The molecule has 0 unspecified atom stereocenters. The minimum atomic E-state index is -4.48. The van der Waals surface area contributed by atoms with E-state index in [1.165, 1.54) is 0 Å². The largest absolute Gasteiger partial charge is 0.460 e. The molecular weight excluding hydrogens is 283 g/mol. The van der Waals surface area contributed by atoms with Gasteiger partial charge in [0.1, 0.15) is 6.10 Å². The molecule has 0 spiro atoms. The van der Waals surface area contributed by atoms with Gasteiger partial charge in [-0.3, -0.25) is 0 Å². The first-order valence-corrected chi connectivity index (χ1v) is 6.89. The minimum Gasteiger partial charge on any atom is -0.460 e. The molecule has 2 heterocycles. The van der Waals surface area contributed by atoms with Gasteiger partial charge in [-0.1, -0.05) is 6.08 Å². The van der Waals surface area contributed by atoms with E-state index in [2.05, 4.69) is 21.4 Å². The van der Waals surface area contributed by atoms with Crippen LogP contribution in [0.2, 0.25) is 0 Å². The third-order valence-electron chi connectivity index (χ3n) is 3.38. The third kappa shape index (κ3) is 4.70. The van der Waals surface area contributed by atoms with Crippen LogP contribution in [0.15, 0.2) is 24.9 Å². The zero-order valence-electron chi connectivity index (χ0n) is 11.6. The number of nitrogens with zero attached hydrogens (tertiary/aromatic N) is 3. The number of rotatable bonds is 5. The van der Waals surface area contributed by atoms with Crippen LogP contribution in [-0.2, 0) is 6.18 Å². The second-order valence-electron chi connectivity index (χ2n) is 4.96. The molecule has 2 rings (SSSR count). The van der Waals surface area contributed by atoms with Crippen LogP contribution in [0, 0.1) is 0 Å². The molecule has 0 atom stereocenters. The van der Waals surface area contributed by atoms with Gasteiger partial charge in [0.25, 0.3) is 0 Å². The Morgan fingerprint density at radius 1 is 1.38 bits per heavy atom. The quantitative estimate of drug-likeness (QED) is 0.784. The Hall–Kier alpha value is -1.63. The van der Waals surface area contributed by atoms with Crippen LogP contribution in [-0.4, -0.2) is 40.6 Å². The maximum absolute atomic E-state index is 12.6. The molecule has 1 aliphatic rings. The first kappa shape index (κ1) is 15.8. The molecule has 0 aliphatic carbocycles. The Balaban J connectivity index is 1.87. The third-order valence-corrected chi connectivity index (χ3v) is 3.38. The average Bonchev–Trinajstić information content (AvgIpc) is 2.46. The maximum Gasteiger partial charge on any atom is 0.433 e. The van der Waals surface area contributed by atoms with E-state index in [1.807, 2.05) is 6.08 Å². The Labute approximate surface area is 121 Å². The van der Waals surface area contributed by atoms with Crippen LogP contribution in [0.4, 0.5) is 13.2 Å². The summed E-state index contributed by atoms with van der Waals surface area (Å²) in [5.74, 6) is 0. The van der Waals surface area contributed by atoms with Gasteiger partial charge in [0.15, 0.2) is 5.69 Å². The number of ether oxygens (including phenoxy) is 1. The molecule has 1 aliphatic heterocycles. The fourth-order valence-electron chi connectivity index (χ4n) is 2.23. The molecule has 4 nitrogen and oxygen atoms in total. The fraction of sp³-hybridized carbons (Fsp3) is 0.571. The van der Waals surface area contributed by atoms with Crippen molar-refractivity contribution in [3.05, 3.63) is 30.6 Å². The molecule has 1 saturated heterocycles. The summed E-state index contributed by atoms with van der Waals surface area (Å²) in [4.78, 5) is 9.46. The molecule has 1 aromatic rings. The van der Waals surface area contributed by atoms with E-state index in [1.54, 1.807) is 0 Å². The van der Waals surface area contributed by atoms with Gasteiger partial charge in [-0.05, 0) is 25.3 Å². The van der Waals surface area contributed by atoms with E-state index in [0.717, 1.165) is 51.2 Å². The first-order chi connectivity index (χ1) is 9.99. The summed E-state index contributed by atoms with van der Waals surface area (Å²) in [6.45, 7) is 6.36. The number of likely N-dealkylation sites (tertiary alicyclic amines) is 1. The van der Waals surface area contributed by atoms with Gasteiger partial charge in [-0.25, -0.2) is 4.98 Å². The Kier molecular flexibility index (Phi) is 5.17. The topological polar surface area (TPSA) is 38.2 Å². The van der Waals surface area contributed by atoms with Crippen molar-refractivity contribution < 1.29 is 17.9 Å². The standard InChI is InChI=1S/C14H18F3N3O/c1-2-3-8-20-9-5-11(6-10-20)21-13-18-7-4-12(19-13)14(15,16)17/h2,4,7,11H,1,3,5-6,8-10H2. The number of aromatic nitrogens is 2. The van der Waals surface area contributed by atoms with Crippen LogP contribution in [0.3, 0.4) is 0 Å². The van der Waals surface area contributed by atoms with E-state index in [9.17, 15) is 13.2 Å². The molecule has 0 bridgehead atoms. The molecule has 7 heteroatoms. The molecular formula is C14H18F3N3O. The molecule has 0 saturated carbocycles. The maximum atomic E-state index is 12.6. The van der Waals surface area contributed by atoms with Gasteiger partial charge in [0.05, 0.1) is 0 Å². The highest BCUT2D eigenvalue weighted by atomic mass is 19.4.